The van der Waals surface area contributed by atoms with Crippen LogP contribution in [-0.4, -0.2) is 38.9 Å². The summed E-state index contributed by atoms with van der Waals surface area (Å²) in [6.45, 7) is 4.90. The van der Waals surface area contributed by atoms with Crippen LogP contribution in [0.2, 0.25) is 5.02 Å². The summed E-state index contributed by atoms with van der Waals surface area (Å²) < 4.78 is 6.87. The molecule has 2 aromatic heterocycles. The molecule has 0 amide bonds. The van der Waals surface area contributed by atoms with Gasteiger partial charge in [0.15, 0.2) is 0 Å². The van der Waals surface area contributed by atoms with E-state index >= 15 is 0 Å². The van der Waals surface area contributed by atoms with E-state index in [9.17, 15) is 9.59 Å². The van der Waals surface area contributed by atoms with Crippen molar-refractivity contribution in [3.63, 3.8) is 0 Å². The van der Waals surface area contributed by atoms with Crippen LogP contribution in [0.25, 0.3) is 5.65 Å². The molecule has 144 valence electrons. The Bertz CT molecular complexity index is 944. The van der Waals surface area contributed by atoms with Crippen LogP contribution in [0.4, 0.5) is 0 Å². The minimum atomic E-state index is -0.432. The van der Waals surface area contributed by atoms with Crippen LogP contribution in [-0.2, 0) is 16.1 Å². The van der Waals surface area contributed by atoms with Gasteiger partial charge in [0.1, 0.15) is 5.65 Å². The van der Waals surface area contributed by atoms with Gasteiger partial charge < -0.3 is 4.74 Å². The molecule has 0 radical (unpaired) electrons. The Labute approximate surface area is 163 Å². The van der Waals surface area contributed by atoms with Gasteiger partial charge in [-0.2, -0.15) is 0 Å². The van der Waals surface area contributed by atoms with Gasteiger partial charge in [-0.3, -0.25) is 18.9 Å². The molecule has 2 saturated heterocycles. The van der Waals surface area contributed by atoms with Crippen LogP contribution in [0.1, 0.15) is 45.2 Å². The third-order valence-electron chi connectivity index (χ3n) is 6.21. The Hall–Kier alpha value is -1.92. The first-order chi connectivity index (χ1) is 13.0. The molecule has 6 nitrogen and oxygen atoms in total. The number of hydrogen-bond donors (Lipinski definition) is 0. The number of hydrogen-bond acceptors (Lipinski definition) is 5. The number of carbonyl (C=O) groups excluding carboxylic acids is 1. The number of esters is 1. The molecule has 0 saturated carbocycles. The van der Waals surface area contributed by atoms with Gasteiger partial charge in [-0.25, -0.2) is 4.98 Å². The van der Waals surface area contributed by atoms with Crippen molar-refractivity contribution < 1.29 is 9.53 Å². The zero-order valence-electron chi connectivity index (χ0n) is 15.7. The molecule has 0 N–H and O–H groups in total. The van der Waals surface area contributed by atoms with E-state index in [0.717, 1.165) is 31.4 Å². The lowest BCUT2D eigenvalue weighted by Crippen LogP contribution is -2.44. The smallest absolute Gasteiger partial charge is 0.313 e. The highest BCUT2D eigenvalue weighted by Crippen LogP contribution is 2.52. The molecule has 0 spiro atoms. The lowest BCUT2D eigenvalue weighted by molar-refractivity contribution is -0.157. The van der Waals surface area contributed by atoms with Gasteiger partial charge in [-0.15, -0.1) is 0 Å². The summed E-state index contributed by atoms with van der Waals surface area (Å²) in [5, 5.41) is 0.499. The molecule has 3 atom stereocenters. The fourth-order valence-electron chi connectivity index (χ4n) is 4.96. The molecule has 4 heterocycles. The minimum absolute atomic E-state index is 0.0779. The number of pyridine rings is 1. The van der Waals surface area contributed by atoms with Gasteiger partial charge >= 0.3 is 5.97 Å². The van der Waals surface area contributed by atoms with Crippen molar-refractivity contribution in [1.82, 2.24) is 14.3 Å². The van der Waals surface area contributed by atoms with E-state index in [1.807, 2.05) is 6.92 Å². The summed E-state index contributed by atoms with van der Waals surface area (Å²) in [7, 11) is 0. The van der Waals surface area contributed by atoms with E-state index in [2.05, 4.69) is 16.8 Å². The number of nitrogens with zero attached hydrogens (tertiary/aromatic N) is 3. The predicted molar refractivity (Wildman–Crippen MR) is 103 cm³/mol. The third kappa shape index (κ3) is 2.95. The van der Waals surface area contributed by atoms with Crippen molar-refractivity contribution in [1.29, 1.82) is 0 Å². The van der Waals surface area contributed by atoms with Crippen LogP contribution in [0, 0.1) is 5.41 Å². The first kappa shape index (κ1) is 18.4. The number of ether oxygens (including phenoxy) is 1. The van der Waals surface area contributed by atoms with Crippen LogP contribution in [0.5, 0.6) is 0 Å². The van der Waals surface area contributed by atoms with Crippen molar-refractivity contribution >= 4 is 23.2 Å². The van der Waals surface area contributed by atoms with Crippen molar-refractivity contribution in [3.8, 4) is 0 Å². The molecule has 0 unspecified atom stereocenters. The number of rotatable bonds is 5. The van der Waals surface area contributed by atoms with E-state index in [0.29, 0.717) is 29.9 Å². The van der Waals surface area contributed by atoms with Crippen LogP contribution < -0.4 is 5.56 Å². The zero-order valence-corrected chi connectivity index (χ0v) is 16.4. The fraction of sp³-hybridized carbons (Fsp3) is 0.550. The highest BCUT2D eigenvalue weighted by atomic mass is 35.5. The molecule has 2 bridgehead atoms. The van der Waals surface area contributed by atoms with Gasteiger partial charge in [0.25, 0.3) is 5.56 Å². The standard InChI is InChI=1S/C20H24ClN3O3/c1-3-20(19(26)27-4-2)10-15-6-7-16(20)23(15)12-14-9-18(25)24-11-13(21)5-8-17(24)22-14/h5,8-9,11,15-16H,3-4,6-7,10,12H2,1-2H3/t15-,16+,20+/m1/s1. The molecule has 2 aliphatic heterocycles. The second kappa shape index (κ2) is 6.91. The van der Waals surface area contributed by atoms with Gasteiger partial charge in [0.2, 0.25) is 0 Å². The average Bonchev–Trinajstić information content (AvgIpc) is 3.17. The fourth-order valence-corrected chi connectivity index (χ4v) is 5.12. The molecule has 0 aromatic carbocycles. The topological polar surface area (TPSA) is 63.9 Å². The molecular formula is C20H24ClN3O3. The number of halogens is 1. The second-order valence-corrected chi connectivity index (χ2v) is 7.95. The SMILES string of the molecule is CCOC(=O)[C@@]1(CC)C[C@H]2CC[C@@H]1N2Cc1cc(=O)n2cc(Cl)ccc2n1. The lowest BCUT2D eigenvalue weighted by Gasteiger charge is -2.34. The van der Waals surface area contributed by atoms with E-state index in [-0.39, 0.29) is 17.6 Å². The Morgan fingerprint density at radius 2 is 2.19 bits per heavy atom. The average molecular weight is 390 g/mol. The Balaban J connectivity index is 1.64. The summed E-state index contributed by atoms with van der Waals surface area (Å²) in [4.78, 5) is 32.2. The van der Waals surface area contributed by atoms with Crippen molar-refractivity contribution in [2.45, 2.75) is 58.2 Å². The van der Waals surface area contributed by atoms with Gasteiger partial charge in [0.05, 0.1) is 22.7 Å². The second-order valence-electron chi connectivity index (χ2n) is 7.51. The van der Waals surface area contributed by atoms with E-state index in [1.165, 1.54) is 4.40 Å². The Morgan fingerprint density at radius 1 is 1.37 bits per heavy atom. The van der Waals surface area contributed by atoms with Crippen molar-refractivity contribution in [2.75, 3.05) is 6.61 Å². The molecule has 4 rings (SSSR count). The van der Waals surface area contributed by atoms with E-state index in [1.54, 1.807) is 24.4 Å². The summed E-state index contributed by atoms with van der Waals surface area (Å²) >= 11 is 5.98. The Morgan fingerprint density at radius 3 is 2.93 bits per heavy atom. The minimum Gasteiger partial charge on any atom is -0.466 e. The maximum Gasteiger partial charge on any atom is 0.313 e. The van der Waals surface area contributed by atoms with Crippen LogP contribution in [0.3, 0.4) is 0 Å². The number of aromatic nitrogens is 2. The quantitative estimate of drug-likeness (QED) is 0.735. The number of fused-ring (bicyclic) bond motifs is 3. The summed E-state index contributed by atoms with van der Waals surface area (Å²) in [6, 6.07) is 5.54. The first-order valence-corrected chi connectivity index (χ1v) is 9.97. The Kier molecular flexibility index (Phi) is 4.72. The summed E-state index contributed by atoms with van der Waals surface area (Å²) in [5.74, 6) is -0.0779. The molecule has 0 aliphatic carbocycles. The first-order valence-electron chi connectivity index (χ1n) is 9.59. The highest BCUT2D eigenvalue weighted by Gasteiger charge is 2.59. The molecule has 2 aliphatic rings. The van der Waals surface area contributed by atoms with Crippen LogP contribution >= 0.6 is 11.6 Å². The molecular weight excluding hydrogens is 366 g/mol. The highest BCUT2D eigenvalue weighted by molar-refractivity contribution is 6.30. The summed E-state index contributed by atoms with van der Waals surface area (Å²) in [5.41, 5.74) is 0.741. The lowest BCUT2D eigenvalue weighted by atomic mass is 9.72. The van der Waals surface area contributed by atoms with Gasteiger partial charge in [0, 0.05) is 30.9 Å². The van der Waals surface area contributed by atoms with E-state index in [4.69, 9.17) is 16.3 Å². The molecule has 2 fully saturated rings. The normalized spacial score (nSPS) is 27.4. The van der Waals surface area contributed by atoms with Crippen molar-refractivity contribution in [2.24, 2.45) is 5.41 Å². The molecule has 27 heavy (non-hydrogen) atoms. The van der Waals surface area contributed by atoms with Gasteiger partial charge in [-0.1, -0.05) is 18.5 Å². The van der Waals surface area contributed by atoms with Crippen molar-refractivity contribution in [3.05, 3.63) is 45.5 Å². The maximum absolute atomic E-state index is 12.7. The maximum atomic E-state index is 12.7. The largest absolute Gasteiger partial charge is 0.466 e. The summed E-state index contributed by atoms with van der Waals surface area (Å²) in [6.07, 6.45) is 5.25. The zero-order chi connectivity index (χ0) is 19.2. The molecule has 7 heteroatoms. The van der Waals surface area contributed by atoms with E-state index < -0.39 is 5.41 Å². The number of carbonyl (C=O) groups is 1. The van der Waals surface area contributed by atoms with Gasteiger partial charge in [-0.05, 0) is 44.7 Å². The molecule has 2 aromatic rings. The van der Waals surface area contributed by atoms with Crippen LogP contribution in [0.15, 0.2) is 29.2 Å². The predicted octanol–water partition coefficient (Wildman–Crippen LogP) is 3.04. The third-order valence-corrected chi connectivity index (χ3v) is 6.44. The monoisotopic (exact) mass is 389 g/mol.